The summed E-state index contributed by atoms with van der Waals surface area (Å²) in [6.07, 6.45) is 3.25. The van der Waals surface area contributed by atoms with E-state index in [1.165, 1.54) is 0 Å². The first-order chi connectivity index (χ1) is 11.6. The van der Waals surface area contributed by atoms with Crippen LogP contribution in [0.5, 0.6) is 5.75 Å². The molecule has 0 amide bonds. The van der Waals surface area contributed by atoms with Crippen LogP contribution in [0.15, 0.2) is 57.9 Å². The number of fused-ring (bicyclic) bond motifs is 2. The number of carbonyl (C=O) groups excluding carboxylic acids is 1. The lowest BCUT2D eigenvalue weighted by molar-refractivity contribution is 0.0735. The average Bonchev–Trinajstić information content (AvgIpc) is 3.06. The van der Waals surface area contributed by atoms with E-state index in [1.807, 2.05) is 18.2 Å². The zero-order valence-corrected chi connectivity index (χ0v) is 15.3. The third-order valence-corrected chi connectivity index (χ3v) is 4.85. The van der Waals surface area contributed by atoms with Crippen molar-refractivity contribution in [2.24, 2.45) is 0 Å². The Kier molecular flexibility index (Phi) is 3.82. The highest BCUT2D eigenvalue weighted by molar-refractivity contribution is 9.11. The van der Waals surface area contributed by atoms with Crippen molar-refractivity contribution in [1.29, 1.82) is 0 Å². The van der Waals surface area contributed by atoms with E-state index in [0.717, 1.165) is 20.9 Å². The fraction of sp³-hybridized carbons (Fsp3) is 0. The van der Waals surface area contributed by atoms with Crippen LogP contribution in [0.1, 0.15) is 10.4 Å². The van der Waals surface area contributed by atoms with Crippen molar-refractivity contribution < 1.29 is 9.53 Å². The van der Waals surface area contributed by atoms with Gasteiger partial charge in [-0.1, -0.05) is 22.0 Å². The standard InChI is InChI=1S/C17H9Br2N3O2/c18-11-7-12(19)16(15-10(11)2-1-5-20-15)24-17(23)9-3-4-13-14(6-9)22-8-21-13/h1-8H,(H,21,22). The summed E-state index contributed by atoms with van der Waals surface area (Å²) in [5, 5.41) is 0.868. The minimum absolute atomic E-state index is 0.392. The first-order valence-corrected chi connectivity index (χ1v) is 8.60. The zero-order valence-electron chi connectivity index (χ0n) is 12.1. The Morgan fingerprint density at radius 1 is 1.08 bits per heavy atom. The van der Waals surface area contributed by atoms with Crippen molar-refractivity contribution in [3.63, 3.8) is 0 Å². The van der Waals surface area contributed by atoms with Gasteiger partial charge in [-0.2, -0.15) is 0 Å². The molecule has 0 aliphatic heterocycles. The van der Waals surface area contributed by atoms with E-state index in [9.17, 15) is 4.79 Å². The lowest BCUT2D eigenvalue weighted by Gasteiger charge is -2.10. The van der Waals surface area contributed by atoms with Gasteiger partial charge in [-0.25, -0.2) is 9.78 Å². The molecule has 0 radical (unpaired) electrons. The molecule has 0 saturated heterocycles. The van der Waals surface area contributed by atoms with Crippen molar-refractivity contribution in [3.05, 3.63) is 63.4 Å². The summed E-state index contributed by atoms with van der Waals surface area (Å²) < 4.78 is 7.14. The first kappa shape index (κ1) is 15.3. The number of pyridine rings is 1. The van der Waals surface area contributed by atoms with E-state index in [1.54, 1.807) is 30.7 Å². The van der Waals surface area contributed by atoms with Gasteiger partial charge in [-0.3, -0.25) is 4.98 Å². The van der Waals surface area contributed by atoms with Crippen LogP contribution in [0.25, 0.3) is 21.9 Å². The van der Waals surface area contributed by atoms with Crippen LogP contribution in [0.2, 0.25) is 0 Å². The first-order valence-electron chi connectivity index (χ1n) is 7.01. The second kappa shape index (κ2) is 5.99. The largest absolute Gasteiger partial charge is 0.419 e. The van der Waals surface area contributed by atoms with Crippen molar-refractivity contribution in [1.82, 2.24) is 15.0 Å². The summed E-state index contributed by atoms with van der Waals surface area (Å²) in [7, 11) is 0. The molecule has 24 heavy (non-hydrogen) atoms. The number of rotatable bonds is 2. The van der Waals surface area contributed by atoms with Gasteiger partial charge in [0.15, 0.2) is 5.75 Å². The number of benzene rings is 2. The van der Waals surface area contributed by atoms with Crippen molar-refractivity contribution >= 4 is 59.8 Å². The molecule has 2 aromatic carbocycles. The number of H-pyrrole nitrogens is 1. The third kappa shape index (κ3) is 2.59. The average molecular weight is 447 g/mol. The SMILES string of the molecule is O=C(Oc1c(Br)cc(Br)c2cccnc12)c1ccc2nc[nH]c2c1. The molecule has 7 heteroatoms. The summed E-state index contributed by atoms with van der Waals surface area (Å²) in [5.74, 6) is -0.0648. The minimum Gasteiger partial charge on any atom is -0.419 e. The molecular formula is C17H9Br2N3O2. The van der Waals surface area contributed by atoms with E-state index in [0.29, 0.717) is 21.3 Å². The molecular weight excluding hydrogens is 438 g/mol. The normalized spacial score (nSPS) is 11.1. The van der Waals surface area contributed by atoms with Crippen LogP contribution in [-0.2, 0) is 0 Å². The summed E-state index contributed by atoms with van der Waals surface area (Å²) >= 11 is 6.93. The minimum atomic E-state index is -0.457. The van der Waals surface area contributed by atoms with E-state index >= 15 is 0 Å². The summed E-state index contributed by atoms with van der Waals surface area (Å²) in [6, 6.07) is 10.8. The van der Waals surface area contributed by atoms with Crippen molar-refractivity contribution in [3.8, 4) is 5.75 Å². The molecule has 0 bridgehead atoms. The summed E-state index contributed by atoms with van der Waals surface area (Å²) in [5.41, 5.74) is 2.62. The molecule has 2 heterocycles. The van der Waals surface area contributed by atoms with E-state index in [2.05, 4.69) is 46.8 Å². The maximum atomic E-state index is 12.5. The predicted molar refractivity (Wildman–Crippen MR) is 98.2 cm³/mol. The van der Waals surface area contributed by atoms with E-state index in [-0.39, 0.29) is 0 Å². The molecule has 118 valence electrons. The predicted octanol–water partition coefficient (Wildman–Crippen LogP) is 4.86. The summed E-state index contributed by atoms with van der Waals surface area (Å²) in [6.45, 7) is 0. The molecule has 0 aliphatic carbocycles. The number of hydrogen-bond donors (Lipinski definition) is 1. The number of halogens is 2. The van der Waals surface area contributed by atoms with Crippen LogP contribution in [0.3, 0.4) is 0 Å². The molecule has 4 aromatic rings. The van der Waals surface area contributed by atoms with Crippen LogP contribution in [0.4, 0.5) is 0 Å². The molecule has 0 aliphatic rings. The molecule has 0 spiro atoms. The Morgan fingerprint density at radius 3 is 2.83 bits per heavy atom. The van der Waals surface area contributed by atoms with Gasteiger partial charge in [-0.15, -0.1) is 0 Å². The van der Waals surface area contributed by atoms with Crippen LogP contribution in [0, 0.1) is 0 Å². The lowest BCUT2D eigenvalue weighted by atomic mass is 10.2. The highest BCUT2D eigenvalue weighted by Crippen LogP contribution is 2.37. The van der Waals surface area contributed by atoms with Gasteiger partial charge in [-0.05, 0) is 46.3 Å². The monoisotopic (exact) mass is 445 g/mol. The maximum Gasteiger partial charge on any atom is 0.343 e. The number of hydrogen-bond acceptors (Lipinski definition) is 4. The van der Waals surface area contributed by atoms with Gasteiger partial charge in [0, 0.05) is 16.1 Å². The van der Waals surface area contributed by atoms with Gasteiger partial charge in [0.25, 0.3) is 0 Å². The molecule has 5 nitrogen and oxygen atoms in total. The Bertz CT molecular complexity index is 1090. The topological polar surface area (TPSA) is 67.9 Å². The Hall–Kier alpha value is -2.25. The highest BCUT2D eigenvalue weighted by atomic mass is 79.9. The van der Waals surface area contributed by atoms with Gasteiger partial charge in [0.05, 0.1) is 27.4 Å². The van der Waals surface area contributed by atoms with Crippen LogP contribution in [-0.4, -0.2) is 20.9 Å². The molecule has 4 rings (SSSR count). The zero-order chi connectivity index (χ0) is 16.7. The number of carbonyl (C=O) groups is 1. The number of aromatic amines is 1. The second-order valence-corrected chi connectivity index (χ2v) is 6.80. The maximum absolute atomic E-state index is 12.5. The molecule has 2 aromatic heterocycles. The van der Waals surface area contributed by atoms with Crippen LogP contribution >= 0.6 is 31.9 Å². The number of ether oxygens (including phenoxy) is 1. The number of aromatic nitrogens is 3. The quantitative estimate of drug-likeness (QED) is 0.353. The summed E-state index contributed by atoms with van der Waals surface area (Å²) in [4.78, 5) is 24.0. The fourth-order valence-electron chi connectivity index (χ4n) is 2.46. The van der Waals surface area contributed by atoms with Crippen molar-refractivity contribution in [2.75, 3.05) is 0 Å². The van der Waals surface area contributed by atoms with E-state index < -0.39 is 5.97 Å². The Morgan fingerprint density at radius 2 is 1.96 bits per heavy atom. The lowest BCUT2D eigenvalue weighted by Crippen LogP contribution is -2.09. The van der Waals surface area contributed by atoms with Gasteiger partial charge >= 0.3 is 5.97 Å². The number of esters is 1. The number of nitrogens with zero attached hydrogens (tertiary/aromatic N) is 2. The fourth-order valence-corrected chi connectivity index (χ4v) is 3.81. The molecule has 1 N–H and O–H groups in total. The van der Waals surface area contributed by atoms with Crippen LogP contribution < -0.4 is 4.74 Å². The van der Waals surface area contributed by atoms with Gasteiger partial charge < -0.3 is 9.72 Å². The smallest absolute Gasteiger partial charge is 0.343 e. The molecule has 0 unspecified atom stereocenters. The third-order valence-electron chi connectivity index (χ3n) is 3.60. The molecule has 0 atom stereocenters. The Labute approximate surface area is 153 Å². The number of imidazole rings is 1. The molecule has 0 saturated carbocycles. The molecule has 0 fully saturated rings. The highest BCUT2D eigenvalue weighted by Gasteiger charge is 2.17. The van der Waals surface area contributed by atoms with Gasteiger partial charge in [0.1, 0.15) is 5.52 Å². The Balaban J connectivity index is 1.77. The van der Waals surface area contributed by atoms with E-state index in [4.69, 9.17) is 4.74 Å². The van der Waals surface area contributed by atoms with Gasteiger partial charge in [0.2, 0.25) is 0 Å². The van der Waals surface area contributed by atoms with Crippen molar-refractivity contribution in [2.45, 2.75) is 0 Å². The number of nitrogens with one attached hydrogen (secondary N) is 1. The second-order valence-electron chi connectivity index (χ2n) is 5.09.